The second kappa shape index (κ2) is 17.6. The van der Waals surface area contributed by atoms with Gasteiger partial charge in [0.15, 0.2) is 0 Å². The quantitative estimate of drug-likeness (QED) is 0.309. The molecule has 3 N–H and O–H groups in total. The maximum atomic E-state index is 14.4. The van der Waals surface area contributed by atoms with Crippen molar-refractivity contribution >= 4 is 23.5 Å². The molecule has 0 bridgehead atoms. The molecule has 2 amide bonds. The van der Waals surface area contributed by atoms with Gasteiger partial charge in [0.05, 0.1) is 36.0 Å². The molecule has 4 atom stereocenters. The first-order valence-corrected chi connectivity index (χ1v) is 17.2. The molecule has 1 aliphatic heterocycles. The van der Waals surface area contributed by atoms with Gasteiger partial charge in [0.2, 0.25) is 5.91 Å². The molecular weight excluding hydrogens is 598 g/mol. The van der Waals surface area contributed by atoms with Crippen LogP contribution in [-0.2, 0) is 16.1 Å². The summed E-state index contributed by atoms with van der Waals surface area (Å²) >= 11 is 0. The first kappa shape index (κ1) is 36.4. The highest BCUT2D eigenvalue weighted by Crippen LogP contribution is 2.30. The summed E-state index contributed by atoms with van der Waals surface area (Å²) in [6.45, 7) is 7.82. The number of amides is 2. The van der Waals surface area contributed by atoms with E-state index in [0.717, 1.165) is 56.9 Å². The predicted octanol–water partition coefficient (Wildman–Crippen LogP) is 5.83. The Morgan fingerprint density at radius 3 is 2.40 bits per heavy atom. The summed E-state index contributed by atoms with van der Waals surface area (Å²) in [5.74, 6) is -0.854. The number of benzene rings is 2. The van der Waals surface area contributed by atoms with Crippen LogP contribution in [-0.4, -0.2) is 89.4 Å². The predicted molar refractivity (Wildman–Crippen MR) is 182 cm³/mol. The summed E-state index contributed by atoms with van der Waals surface area (Å²) in [7, 11) is 2.00. The summed E-state index contributed by atoms with van der Waals surface area (Å²) in [6.07, 6.45) is 7.26. The fourth-order valence-electron chi connectivity index (χ4n) is 6.51. The molecule has 0 aromatic heterocycles. The van der Waals surface area contributed by atoms with Gasteiger partial charge < -0.3 is 29.9 Å². The first-order chi connectivity index (χ1) is 22.5. The number of nitrogens with one attached hydrogen (secondary N) is 1. The molecule has 4 rings (SSSR count). The fraction of sp³-hybridized carbons (Fsp3) is 0.595. The van der Waals surface area contributed by atoms with Crippen LogP contribution >= 0.6 is 0 Å². The highest BCUT2D eigenvalue weighted by atomic mass is 16.5. The minimum absolute atomic E-state index is 0.0107. The molecule has 0 unspecified atom stereocenters. The average Bonchev–Trinajstić information content (AvgIpc) is 3.06. The zero-order valence-electron chi connectivity index (χ0n) is 28.5. The molecule has 2 aromatic rings. The van der Waals surface area contributed by atoms with E-state index < -0.39 is 12.0 Å². The number of aliphatic hydroxyl groups is 1. The number of aliphatic hydroxyl groups excluding tert-OH is 1. The van der Waals surface area contributed by atoms with E-state index in [1.165, 1.54) is 0 Å². The number of carboxylic acids is 1. The minimum atomic E-state index is -0.952. The van der Waals surface area contributed by atoms with Gasteiger partial charge >= 0.3 is 5.97 Å². The molecule has 2 aromatic carbocycles. The lowest BCUT2D eigenvalue weighted by Crippen LogP contribution is -2.47. The third-order valence-corrected chi connectivity index (χ3v) is 9.44. The maximum Gasteiger partial charge on any atom is 0.335 e. The van der Waals surface area contributed by atoms with Gasteiger partial charge in [-0.05, 0) is 88.9 Å². The van der Waals surface area contributed by atoms with Crippen LogP contribution in [0.4, 0.5) is 5.69 Å². The van der Waals surface area contributed by atoms with Crippen LogP contribution in [0.1, 0.15) is 98.4 Å². The van der Waals surface area contributed by atoms with Crippen LogP contribution in [0.2, 0.25) is 0 Å². The molecule has 47 heavy (non-hydrogen) atoms. The van der Waals surface area contributed by atoms with E-state index in [-0.39, 0.29) is 48.0 Å². The number of nitrogens with zero attached hydrogens (tertiary/aromatic N) is 2. The van der Waals surface area contributed by atoms with Gasteiger partial charge in [-0.3, -0.25) is 14.5 Å². The number of rotatable bonds is 9. The van der Waals surface area contributed by atoms with Gasteiger partial charge in [0.1, 0.15) is 5.75 Å². The minimum Gasteiger partial charge on any atom is -0.490 e. The Morgan fingerprint density at radius 2 is 1.72 bits per heavy atom. The summed E-state index contributed by atoms with van der Waals surface area (Å²) < 4.78 is 12.8. The second-order valence-corrected chi connectivity index (χ2v) is 13.5. The third kappa shape index (κ3) is 10.5. The fourth-order valence-corrected chi connectivity index (χ4v) is 6.51. The number of anilines is 1. The SMILES string of the molecule is C[C@@H]1CCCCO[C@@H](CN(C)Cc2ccc(C(=O)O)cc2)[C@@H](C)CN([C@@H](C)CO)C(=O)c2cc(NC(=O)C3CCCCC3)ccc2O1. The van der Waals surface area contributed by atoms with Gasteiger partial charge in [-0.1, -0.05) is 38.3 Å². The van der Waals surface area contributed by atoms with Crippen LogP contribution in [0.5, 0.6) is 5.75 Å². The van der Waals surface area contributed by atoms with E-state index in [1.54, 1.807) is 35.2 Å². The Kier molecular flexibility index (Phi) is 13.6. The van der Waals surface area contributed by atoms with Crippen LogP contribution in [0, 0.1) is 11.8 Å². The normalized spacial score (nSPS) is 22.6. The molecule has 1 aliphatic carbocycles. The lowest BCUT2D eigenvalue weighted by molar-refractivity contribution is -0.120. The van der Waals surface area contributed by atoms with Crippen molar-refractivity contribution in [2.24, 2.45) is 11.8 Å². The molecule has 1 saturated carbocycles. The molecule has 10 nitrogen and oxygen atoms in total. The van der Waals surface area contributed by atoms with Crippen molar-refractivity contribution in [2.45, 2.75) is 96.9 Å². The average molecular weight is 652 g/mol. The van der Waals surface area contributed by atoms with Crippen LogP contribution < -0.4 is 10.1 Å². The lowest BCUT2D eigenvalue weighted by Gasteiger charge is -2.36. The van der Waals surface area contributed by atoms with E-state index >= 15 is 0 Å². The number of fused-ring (bicyclic) bond motifs is 1. The van der Waals surface area contributed by atoms with E-state index in [0.29, 0.717) is 43.2 Å². The van der Waals surface area contributed by atoms with E-state index in [2.05, 4.69) is 17.1 Å². The third-order valence-electron chi connectivity index (χ3n) is 9.44. The maximum absolute atomic E-state index is 14.4. The molecule has 1 heterocycles. The Bertz CT molecular complexity index is 1330. The van der Waals surface area contributed by atoms with Crippen LogP contribution in [0.3, 0.4) is 0 Å². The number of ether oxygens (including phenoxy) is 2. The van der Waals surface area contributed by atoms with Crippen LogP contribution in [0.25, 0.3) is 0 Å². The van der Waals surface area contributed by atoms with Crippen molar-refractivity contribution in [1.29, 1.82) is 0 Å². The van der Waals surface area contributed by atoms with Gasteiger partial charge in [0.25, 0.3) is 5.91 Å². The van der Waals surface area contributed by atoms with E-state index in [1.807, 2.05) is 33.0 Å². The monoisotopic (exact) mass is 651 g/mol. The van der Waals surface area contributed by atoms with Gasteiger partial charge in [-0.25, -0.2) is 4.79 Å². The standard InChI is InChI=1S/C37H53N3O7/c1-25-21-40(26(2)24-41)36(43)32-20-31(38-35(42)29-11-6-5-7-12-29)17-18-33(32)47-27(3)10-8-9-19-46-34(25)23-39(4)22-28-13-15-30(16-14-28)37(44)45/h13-18,20,25-27,29,34,41H,5-12,19,21-24H2,1-4H3,(H,38,42)(H,44,45)/t25-,26-,27+,34-/m0/s1. The number of carboxylic acid groups (broad SMARTS) is 1. The Morgan fingerprint density at radius 1 is 1.02 bits per heavy atom. The van der Waals surface area contributed by atoms with E-state index in [9.17, 15) is 24.6 Å². The van der Waals surface area contributed by atoms with Crippen molar-refractivity contribution < 1.29 is 34.1 Å². The van der Waals surface area contributed by atoms with Crippen LogP contribution in [0.15, 0.2) is 42.5 Å². The molecule has 10 heteroatoms. The number of likely N-dealkylation sites (N-methyl/N-ethyl adjacent to an activating group) is 1. The Labute approximate surface area is 279 Å². The largest absolute Gasteiger partial charge is 0.490 e. The Balaban J connectivity index is 1.57. The Hall–Kier alpha value is -3.47. The zero-order chi connectivity index (χ0) is 33.9. The number of carbonyl (C=O) groups excluding carboxylic acids is 2. The molecule has 0 saturated heterocycles. The van der Waals surface area contributed by atoms with Crippen molar-refractivity contribution in [3.63, 3.8) is 0 Å². The highest BCUT2D eigenvalue weighted by molar-refractivity contribution is 6.00. The summed E-state index contributed by atoms with van der Waals surface area (Å²) in [5.41, 5.74) is 2.17. The number of aromatic carboxylic acids is 1. The lowest BCUT2D eigenvalue weighted by atomic mass is 9.88. The van der Waals surface area contributed by atoms with E-state index in [4.69, 9.17) is 9.47 Å². The molecule has 258 valence electrons. The van der Waals surface area contributed by atoms with Gasteiger partial charge in [-0.2, -0.15) is 0 Å². The second-order valence-electron chi connectivity index (χ2n) is 13.5. The molecule has 0 spiro atoms. The number of carbonyl (C=O) groups is 3. The van der Waals surface area contributed by atoms with Gasteiger partial charge in [0, 0.05) is 43.8 Å². The summed E-state index contributed by atoms with van der Waals surface area (Å²) in [5, 5.41) is 22.5. The summed E-state index contributed by atoms with van der Waals surface area (Å²) in [6, 6.07) is 11.7. The topological polar surface area (TPSA) is 129 Å². The van der Waals surface area contributed by atoms with Crippen molar-refractivity contribution in [3.8, 4) is 5.75 Å². The zero-order valence-corrected chi connectivity index (χ0v) is 28.5. The number of hydrogen-bond donors (Lipinski definition) is 3. The highest BCUT2D eigenvalue weighted by Gasteiger charge is 2.31. The molecular formula is C37H53N3O7. The number of hydrogen-bond acceptors (Lipinski definition) is 7. The van der Waals surface area contributed by atoms with Crippen molar-refractivity contribution in [1.82, 2.24) is 9.80 Å². The molecule has 1 fully saturated rings. The van der Waals surface area contributed by atoms with Crippen molar-refractivity contribution in [3.05, 3.63) is 59.2 Å². The smallest absolute Gasteiger partial charge is 0.335 e. The van der Waals surface area contributed by atoms with Gasteiger partial charge in [-0.15, -0.1) is 0 Å². The molecule has 2 aliphatic rings. The first-order valence-electron chi connectivity index (χ1n) is 17.2. The van der Waals surface area contributed by atoms with Crippen molar-refractivity contribution in [2.75, 3.05) is 38.7 Å². The summed E-state index contributed by atoms with van der Waals surface area (Å²) in [4.78, 5) is 42.6. The molecule has 0 radical (unpaired) electrons.